The standard InChI is InChI=1S/C23H24N2O5/c26-22(24-12-23(27)28)13-25-8-6-17-4-5-19(11-21(17)25)18-3-1-2-16(10-18)14-30-20-7-9-29-15-20/h1-6,8,10-11,20H,7,9,12-15H2,(H,24,26)(H,27,28). The lowest BCUT2D eigenvalue weighted by Crippen LogP contribution is -2.31. The fourth-order valence-electron chi connectivity index (χ4n) is 3.59. The van der Waals surface area contributed by atoms with Gasteiger partial charge in [-0.15, -0.1) is 0 Å². The number of carbonyl (C=O) groups is 2. The number of hydrogen-bond donors (Lipinski definition) is 2. The molecule has 4 rings (SSSR count). The van der Waals surface area contributed by atoms with Crippen LogP contribution in [0.4, 0.5) is 0 Å². The number of nitrogens with one attached hydrogen (secondary N) is 1. The lowest BCUT2D eigenvalue weighted by Gasteiger charge is -2.11. The van der Waals surface area contributed by atoms with Gasteiger partial charge < -0.3 is 24.5 Å². The van der Waals surface area contributed by atoms with Crippen LogP contribution in [0, 0.1) is 0 Å². The van der Waals surface area contributed by atoms with Crippen molar-refractivity contribution < 1.29 is 24.2 Å². The van der Waals surface area contributed by atoms with Crippen molar-refractivity contribution in [1.29, 1.82) is 0 Å². The Labute approximate surface area is 174 Å². The molecule has 0 spiro atoms. The van der Waals surface area contributed by atoms with E-state index in [-0.39, 0.29) is 25.1 Å². The molecule has 3 aromatic rings. The number of aliphatic carboxylic acids is 1. The maximum Gasteiger partial charge on any atom is 0.322 e. The Morgan fingerprint density at radius 3 is 2.83 bits per heavy atom. The van der Waals surface area contributed by atoms with Gasteiger partial charge in [0.2, 0.25) is 5.91 Å². The molecule has 1 aromatic heterocycles. The van der Waals surface area contributed by atoms with E-state index in [1.807, 2.05) is 41.1 Å². The van der Waals surface area contributed by atoms with Crippen LogP contribution < -0.4 is 5.32 Å². The zero-order valence-corrected chi connectivity index (χ0v) is 16.5. The predicted molar refractivity (Wildman–Crippen MR) is 112 cm³/mol. The normalized spacial score (nSPS) is 16.1. The van der Waals surface area contributed by atoms with E-state index in [4.69, 9.17) is 14.6 Å². The Morgan fingerprint density at radius 2 is 2.03 bits per heavy atom. The van der Waals surface area contributed by atoms with Crippen LogP contribution >= 0.6 is 0 Å². The van der Waals surface area contributed by atoms with E-state index in [0.29, 0.717) is 13.2 Å². The first-order valence-electron chi connectivity index (χ1n) is 9.94. The third-order valence-corrected chi connectivity index (χ3v) is 5.16. The summed E-state index contributed by atoms with van der Waals surface area (Å²) < 4.78 is 13.1. The minimum atomic E-state index is -1.06. The van der Waals surface area contributed by atoms with Crippen LogP contribution in [0.15, 0.2) is 54.7 Å². The number of rotatable bonds is 8. The molecule has 0 aliphatic carbocycles. The van der Waals surface area contributed by atoms with Gasteiger partial charge in [-0.05, 0) is 46.7 Å². The largest absolute Gasteiger partial charge is 0.480 e. The van der Waals surface area contributed by atoms with Crippen LogP contribution in [0.5, 0.6) is 0 Å². The van der Waals surface area contributed by atoms with E-state index in [1.165, 1.54) is 0 Å². The molecule has 156 valence electrons. The van der Waals surface area contributed by atoms with Crippen molar-refractivity contribution in [3.8, 4) is 11.1 Å². The molecule has 1 atom stereocenters. The molecule has 0 radical (unpaired) electrons. The van der Waals surface area contributed by atoms with E-state index in [9.17, 15) is 9.59 Å². The summed E-state index contributed by atoms with van der Waals surface area (Å²) >= 11 is 0. The Hall–Kier alpha value is -3.16. The third-order valence-electron chi connectivity index (χ3n) is 5.16. The summed E-state index contributed by atoms with van der Waals surface area (Å²) in [5.74, 6) is -1.40. The fourth-order valence-corrected chi connectivity index (χ4v) is 3.59. The summed E-state index contributed by atoms with van der Waals surface area (Å²) in [5.41, 5.74) is 4.13. The van der Waals surface area contributed by atoms with Gasteiger partial charge in [0.1, 0.15) is 13.1 Å². The maximum absolute atomic E-state index is 12.0. The first kappa shape index (κ1) is 20.1. The van der Waals surface area contributed by atoms with Crippen molar-refractivity contribution >= 4 is 22.8 Å². The highest BCUT2D eigenvalue weighted by molar-refractivity contribution is 5.88. The lowest BCUT2D eigenvalue weighted by molar-refractivity contribution is -0.138. The molecule has 30 heavy (non-hydrogen) atoms. The highest BCUT2D eigenvalue weighted by Gasteiger charge is 2.16. The predicted octanol–water partition coefficient (Wildman–Crippen LogP) is 2.81. The zero-order valence-electron chi connectivity index (χ0n) is 16.5. The zero-order chi connectivity index (χ0) is 20.9. The summed E-state index contributed by atoms with van der Waals surface area (Å²) in [7, 11) is 0. The Morgan fingerprint density at radius 1 is 1.17 bits per heavy atom. The van der Waals surface area contributed by atoms with E-state index >= 15 is 0 Å². The monoisotopic (exact) mass is 408 g/mol. The van der Waals surface area contributed by atoms with Crippen LogP contribution in [0.3, 0.4) is 0 Å². The minimum Gasteiger partial charge on any atom is -0.480 e. The molecule has 1 amide bonds. The molecule has 1 aliphatic heterocycles. The molecule has 1 aliphatic rings. The molecule has 1 saturated heterocycles. The Balaban J connectivity index is 1.50. The Bertz CT molecular complexity index is 1050. The summed E-state index contributed by atoms with van der Waals surface area (Å²) in [6.45, 7) is 1.65. The van der Waals surface area contributed by atoms with Crippen molar-refractivity contribution in [2.45, 2.75) is 25.7 Å². The smallest absolute Gasteiger partial charge is 0.322 e. The number of nitrogens with zero attached hydrogens (tertiary/aromatic N) is 1. The van der Waals surface area contributed by atoms with Crippen molar-refractivity contribution in [2.24, 2.45) is 0 Å². The molecule has 2 N–H and O–H groups in total. The molecule has 0 saturated carbocycles. The Kier molecular flexibility index (Phi) is 6.11. The van der Waals surface area contributed by atoms with Crippen LogP contribution in [0.2, 0.25) is 0 Å². The minimum absolute atomic E-state index is 0.0670. The van der Waals surface area contributed by atoms with Crippen LogP contribution in [-0.4, -0.2) is 47.4 Å². The van der Waals surface area contributed by atoms with Gasteiger partial charge in [-0.2, -0.15) is 0 Å². The quantitative estimate of drug-likeness (QED) is 0.598. The molecule has 1 unspecified atom stereocenters. The summed E-state index contributed by atoms with van der Waals surface area (Å²) in [6.07, 6.45) is 2.94. The molecule has 2 heterocycles. The first-order valence-corrected chi connectivity index (χ1v) is 9.94. The lowest BCUT2D eigenvalue weighted by atomic mass is 10.0. The van der Waals surface area contributed by atoms with Gasteiger partial charge in [-0.25, -0.2) is 0 Å². The SMILES string of the molecule is O=C(O)CNC(=O)Cn1ccc2ccc(-c3cccc(COC4CCOC4)c3)cc21. The van der Waals surface area contributed by atoms with Gasteiger partial charge in [0.15, 0.2) is 0 Å². The average Bonchev–Trinajstić information content (AvgIpc) is 3.41. The van der Waals surface area contributed by atoms with Crippen molar-refractivity contribution in [3.63, 3.8) is 0 Å². The van der Waals surface area contributed by atoms with Crippen LogP contribution in [-0.2, 0) is 32.2 Å². The molecule has 1 fully saturated rings. The number of carbonyl (C=O) groups excluding carboxylic acids is 1. The maximum atomic E-state index is 12.0. The number of benzene rings is 2. The fraction of sp³-hybridized carbons (Fsp3) is 0.304. The number of carboxylic acids is 1. The number of hydrogen-bond acceptors (Lipinski definition) is 4. The number of carboxylic acid groups (broad SMARTS) is 1. The number of ether oxygens (including phenoxy) is 2. The first-order chi connectivity index (χ1) is 14.6. The molecule has 7 nitrogen and oxygen atoms in total. The van der Waals surface area contributed by atoms with Gasteiger partial charge in [0.25, 0.3) is 0 Å². The van der Waals surface area contributed by atoms with Gasteiger partial charge in [0, 0.05) is 18.3 Å². The van der Waals surface area contributed by atoms with Gasteiger partial charge in [0.05, 0.1) is 19.3 Å². The molecule has 0 bridgehead atoms. The third kappa shape index (κ3) is 4.87. The van der Waals surface area contributed by atoms with Crippen molar-refractivity contribution in [1.82, 2.24) is 9.88 Å². The van der Waals surface area contributed by atoms with Crippen LogP contribution in [0.1, 0.15) is 12.0 Å². The van der Waals surface area contributed by atoms with Gasteiger partial charge in [-0.1, -0.05) is 30.3 Å². The molecule has 2 aromatic carbocycles. The average molecular weight is 408 g/mol. The van der Waals surface area contributed by atoms with Crippen LogP contribution in [0.25, 0.3) is 22.0 Å². The van der Waals surface area contributed by atoms with Crippen molar-refractivity contribution in [2.75, 3.05) is 19.8 Å². The number of fused-ring (bicyclic) bond motifs is 1. The van der Waals surface area contributed by atoms with E-state index in [1.54, 1.807) is 0 Å². The summed E-state index contributed by atoms with van der Waals surface area (Å²) in [4.78, 5) is 22.7. The van der Waals surface area contributed by atoms with Gasteiger partial charge in [-0.3, -0.25) is 9.59 Å². The molecular formula is C23H24N2O5. The second kappa shape index (κ2) is 9.11. The van der Waals surface area contributed by atoms with E-state index in [2.05, 4.69) is 23.5 Å². The number of amides is 1. The van der Waals surface area contributed by atoms with E-state index < -0.39 is 5.97 Å². The highest BCUT2D eigenvalue weighted by atomic mass is 16.5. The molecule has 7 heteroatoms. The molecular weight excluding hydrogens is 384 g/mol. The van der Waals surface area contributed by atoms with E-state index in [0.717, 1.165) is 40.6 Å². The van der Waals surface area contributed by atoms with Gasteiger partial charge >= 0.3 is 5.97 Å². The topological polar surface area (TPSA) is 89.8 Å². The number of aromatic nitrogens is 1. The second-order valence-corrected chi connectivity index (χ2v) is 7.38. The van der Waals surface area contributed by atoms with Crippen molar-refractivity contribution in [3.05, 3.63) is 60.3 Å². The summed E-state index contributed by atoms with van der Waals surface area (Å²) in [6, 6.07) is 16.3. The summed E-state index contributed by atoms with van der Waals surface area (Å²) in [5, 5.41) is 12.1. The highest BCUT2D eigenvalue weighted by Crippen LogP contribution is 2.26. The second-order valence-electron chi connectivity index (χ2n) is 7.38.